The largest absolute Gasteiger partial charge is 0.465 e. The molecule has 1 heterocycles. The molecule has 0 spiro atoms. The highest BCUT2D eigenvalue weighted by Gasteiger charge is 2.09. The number of hydrogen-bond donors (Lipinski definition) is 1. The zero-order valence-corrected chi connectivity index (χ0v) is 6.63. The molecular weight excluding hydrogens is 142 g/mol. The first-order chi connectivity index (χ1) is 5.24. The predicted octanol–water partition coefficient (Wildman–Crippen LogP) is 0.591. The van der Waals surface area contributed by atoms with Crippen LogP contribution in [0.2, 0.25) is 0 Å². The van der Waals surface area contributed by atoms with Gasteiger partial charge in [-0.2, -0.15) is 0 Å². The number of ether oxygens (including phenoxy) is 1. The lowest BCUT2D eigenvalue weighted by Crippen LogP contribution is -2.23. The van der Waals surface area contributed by atoms with E-state index in [1.807, 2.05) is 13.0 Å². The Labute approximate surface area is 65.7 Å². The molecule has 3 nitrogen and oxygen atoms in total. The smallest absolute Gasteiger partial charge is 0.339 e. The van der Waals surface area contributed by atoms with Crippen molar-refractivity contribution in [2.45, 2.75) is 13.0 Å². The maximum absolute atomic E-state index is 10.9. The van der Waals surface area contributed by atoms with E-state index < -0.39 is 0 Å². The summed E-state index contributed by atoms with van der Waals surface area (Å²) in [4.78, 5) is 10.9. The monoisotopic (exact) mass is 153 g/mol. The quantitative estimate of drug-likeness (QED) is 0.560. The van der Waals surface area contributed by atoms with Crippen molar-refractivity contribution >= 4 is 5.97 Å². The maximum Gasteiger partial charge on any atom is 0.339 e. The number of carbonyl (C=O) groups excluding carboxylic acids is 1. The van der Waals surface area contributed by atoms with Crippen molar-refractivity contribution in [3.8, 4) is 0 Å². The van der Waals surface area contributed by atoms with Gasteiger partial charge < -0.3 is 10.1 Å². The Morgan fingerprint density at radius 1 is 1.73 bits per heavy atom. The molecule has 1 rings (SSSR count). The third-order valence-electron chi connectivity index (χ3n) is 1.49. The molecule has 1 atom stereocenters. The molecule has 1 aliphatic heterocycles. The molecule has 1 N–H and O–H groups in total. The van der Waals surface area contributed by atoms with E-state index in [-0.39, 0.29) is 5.97 Å². The highest BCUT2D eigenvalue weighted by atomic mass is 16.5. The Morgan fingerprint density at radius 3 is 2.91 bits per heavy atom. The van der Waals surface area contributed by atoms with E-state index in [0.29, 0.717) is 11.6 Å². The topological polar surface area (TPSA) is 38.3 Å². The fourth-order valence-corrected chi connectivity index (χ4v) is 0.818. The van der Waals surface area contributed by atoms with Gasteiger partial charge in [0.2, 0.25) is 0 Å². The molecule has 11 heavy (non-hydrogen) atoms. The molecule has 60 valence electrons. The molecule has 1 aliphatic rings. The van der Waals surface area contributed by atoms with Crippen molar-refractivity contribution in [1.29, 1.82) is 0 Å². The van der Waals surface area contributed by atoms with Crippen molar-refractivity contribution in [3.05, 3.63) is 23.9 Å². The van der Waals surface area contributed by atoms with Gasteiger partial charge in [-0.3, -0.25) is 0 Å². The molecule has 3 heteroatoms. The third kappa shape index (κ3) is 1.83. The van der Waals surface area contributed by atoms with E-state index >= 15 is 0 Å². The Bertz CT molecular complexity index is 218. The van der Waals surface area contributed by atoms with E-state index in [9.17, 15) is 4.79 Å². The lowest BCUT2D eigenvalue weighted by Gasteiger charge is -2.12. The van der Waals surface area contributed by atoms with Crippen molar-refractivity contribution < 1.29 is 9.53 Å². The summed E-state index contributed by atoms with van der Waals surface area (Å²) in [5.41, 5.74) is 0.561. The average molecular weight is 153 g/mol. The summed E-state index contributed by atoms with van der Waals surface area (Å²) >= 11 is 0. The first-order valence-corrected chi connectivity index (χ1v) is 3.47. The van der Waals surface area contributed by atoms with Crippen LogP contribution in [-0.4, -0.2) is 19.1 Å². The minimum absolute atomic E-state index is 0.295. The number of methoxy groups -OCH3 is 1. The van der Waals surface area contributed by atoms with Crippen LogP contribution in [0.3, 0.4) is 0 Å². The van der Waals surface area contributed by atoms with Gasteiger partial charge >= 0.3 is 5.97 Å². The summed E-state index contributed by atoms with van der Waals surface area (Å²) in [7, 11) is 1.37. The second kappa shape index (κ2) is 3.23. The van der Waals surface area contributed by atoms with Crippen LogP contribution in [0.5, 0.6) is 0 Å². The first-order valence-electron chi connectivity index (χ1n) is 3.47. The molecule has 0 aliphatic carbocycles. The second-order valence-corrected chi connectivity index (χ2v) is 2.41. The molecule has 0 saturated heterocycles. The number of dihydropyridines is 1. The summed E-state index contributed by atoms with van der Waals surface area (Å²) in [5, 5.41) is 3.00. The van der Waals surface area contributed by atoms with E-state index in [1.165, 1.54) is 7.11 Å². The van der Waals surface area contributed by atoms with Crippen LogP contribution in [0.25, 0.3) is 0 Å². The standard InChI is InChI=1S/C8H11NO2/c1-6-3-4-7(5-9-6)8(10)11-2/h3-6,9H,1-2H3. The van der Waals surface area contributed by atoms with Gasteiger partial charge in [-0.15, -0.1) is 0 Å². The van der Waals surface area contributed by atoms with Gasteiger partial charge in [0.25, 0.3) is 0 Å². The van der Waals surface area contributed by atoms with Crippen molar-refractivity contribution in [2.75, 3.05) is 7.11 Å². The Morgan fingerprint density at radius 2 is 2.45 bits per heavy atom. The molecule has 0 radical (unpaired) electrons. The normalized spacial score (nSPS) is 22.0. The second-order valence-electron chi connectivity index (χ2n) is 2.41. The van der Waals surface area contributed by atoms with Crippen molar-refractivity contribution in [2.24, 2.45) is 0 Å². The van der Waals surface area contributed by atoms with Crippen molar-refractivity contribution in [1.82, 2.24) is 5.32 Å². The molecule has 0 amide bonds. The Hall–Kier alpha value is -1.25. The van der Waals surface area contributed by atoms with Gasteiger partial charge in [-0.05, 0) is 13.0 Å². The highest BCUT2D eigenvalue weighted by molar-refractivity contribution is 5.91. The zero-order valence-electron chi connectivity index (χ0n) is 6.63. The van der Waals surface area contributed by atoms with Gasteiger partial charge in [0, 0.05) is 12.2 Å². The molecule has 0 aromatic rings. The van der Waals surface area contributed by atoms with Crippen LogP contribution < -0.4 is 5.32 Å². The van der Waals surface area contributed by atoms with Gasteiger partial charge in [0.1, 0.15) is 0 Å². The fraction of sp³-hybridized carbons (Fsp3) is 0.375. The summed E-state index contributed by atoms with van der Waals surface area (Å²) in [6.45, 7) is 2.00. The van der Waals surface area contributed by atoms with Gasteiger partial charge in [0.15, 0.2) is 0 Å². The first kappa shape index (κ1) is 7.85. The zero-order chi connectivity index (χ0) is 8.27. The highest BCUT2D eigenvalue weighted by Crippen LogP contribution is 2.04. The minimum Gasteiger partial charge on any atom is -0.465 e. The summed E-state index contributed by atoms with van der Waals surface area (Å²) in [6.07, 6.45) is 5.33. The third-order valence-corrected chi connectivity index (χ3v) is 1.49. The number of nitrogens with one attached hydrogen (secondary N) is 1. The molecule has 0 saturated carbocycles. The van der Waals surface area contributed by atoms with E-state index in [2.05, 4.69) is 10.1 Å². The van der Waals surface area contributed by atoms with Gasteiger partial charge in [0.05, 0.1) is 12.7 Å². The van der Waals surface area contributed by atoms with Crippen molar-refractivity contribution in [3.63, 3.8) is 0 Å². The van der Waals surface area contributed by atoms with Crippen LogP contribution in [0.1, 0.15) is 6.92 Å². The van der Waals surface area contributed by atoms with E-state index in [4.69, 9.17) is 0 Å². The molecule has 0 fully saturated rings. The van der Waals surface area contributed by atoms with Crippen LogP contribution in [0.15, 0.2) is 23.9 Å². The predicted molar refractivity (Wildman–Crippen MR) is 41.8 cm³/mol. The fourth-order valence-electron chi connectivity index (χ4n) is 0.818. The lowest BCUT2D eigenvalue weighted by molar-refractivity contribution is -0.135. The lowest BCUT2D eigenvalue weighted by atomic mass is 10.1. The SMILES string of the molecule is COC(=O)C1=CNC(C)C=C1. The summed E-state index contributed by atoms with van der Waals surface area (Å²) < 4.78 is 4.53. The van der Waals surface area contributed by atoms with Crippen LogP contribution >= 0.6 is 0 Å². The number of hydrogen-bond acceptors (Lipinski definition) is 3. The number of rotatable bonds is 1. The Balaban J connectivity index is 2.63. The minimum atomic E-state index is -0.305. The van der Waals surface area contributed by atoms with E-state index in [1.54, 1.807) is 12.3 Å². The Kier molecular flexibility index (Phi) is 2.31. The van der Waals surface area contributed by atoms with Crippen LogP contribution in [0.4, 0.5) is 0 Å². The molecule has 0 bridgehead atoms. The van der Waals surface area contributed by atoms with Crippen LogP contribution in [-0.2, 0) is 9.53 Å². The molecule has 0 aromatic heterocycles. The summed E-state index contributed by atoms with van der Waals surface area (Å²) in [5.74, 6) is -0.305. The van der Waals surface area contributed by atoms with Gasteiger partial charge in [-0.1, -0.05) is 6.08 Å². The summed E-state index contributed by atoms with van der Waals surface area (Å²) in [6, 6.07) is 0.295. The van der Waals surface area contributed by atoms with Crippen LogP contribution in [0, 0.1) is 0 Å². The molecule has 1 unspecified atom stereocenters. The number of carbonyl (C=O) groups is 1. The van der Waals surface area contributed by atoms with Gasteiger partial charge in [-0.25, -0.2) is 4.79 Å². The molecular formula is C8H11NO2. The maximum atomic E-state index is 10.9. The van der Waals surface area contributed by atoms with E-state index in [0.717, 1.165) is 0 Å². The average Bonchev–Trinajstić information content (AvgIpc) is 2.05. The molecule has 0 aromatic carbocycles. The number of esters is 1.